The van der Waals surface area contributed by atoms with Crippen LogP contribution < -0.4 is 15.4 Å². The Morgan fingerprint density at radius 3 is 2.53 bits per heavy atom. The molecule has 0 radical (unpaired) electrons. The fourth-order valence-corrected chi connectivity index (χ4v) is 8.25. The van der Waals surface area contributed by atoms with Crippen LogP contribution in [0.5, 0.6) is 5.75 Å². The van der Waals surface area contributed by atoms with Crippen molar-refractivity contribution in [2.45, 2.75) is 81.4 Å². The lowest BCUT2D eigenvalue weighted by Crippen LogP contribution is -2.57. The van der Waals surface area contributed by atoms with Gasteiger partial charge in [0.05, 0.1) is 23.2 Å². The summed E-state index contributed by atoms with van der Waals surface area (Å²) in [5.41, 5.74) is 0.238. The molecule has 3 amide bonds. The fraction of sp³-hybridized carbons (Fsp3) is 0.667. The second kappa shape index (κ2) is 10.6. The van der Waals surface area contributed by atoms with Gasteiger partial charge in [-0.05, 0) is 84.1 Å². The number of hydrogen-bond donors (Lipinski definition) is 3. The van der Waals surface area contributed by atoms with E-state index in [1.807, 2.05) is 52.0 Å². The Kier molecular flexibility index (Phi) is 7.90. The van der Waals surface area contributed by atoms with Crippen LogP contribution in [-0.4, -0.2) is 69.1 Å². The molecule has 0 aliphatic carbocycles. The van der Waals surface area contributed by atoms with E-state index in [1.165, 1.54) is 0 Å². The summed E-state index contributed by atoms with van der Waals surface area (Å²) in [6.07, 6.45) is 3.72. The van der Waals surface area contributed by atoms with Crippen LogP contribution in [0.3, 0.4) is 0 Å². The molecular formula is C27H39N3O5S. The monoisotopic (exact) mass is 517 g/mol. The van der Waals surface area contributed by atoms with Gasteiger partial charge in [-0.1, -0.05) is 0 Å². The lowest BCUT2D eigenvalue weighted by atomic mass is 9.70. The van der Waals surface area contributed by atoms with Crippen LogP contribution in [-0.2, 0) is 14.4 Å². The summed E-state index contributed by atoms with van der Waals surface area (Å²) in [7, 11) is 0. The molecule has 198 valence electrons. The van der Waals surface area contributed by atoms with Crippen molar-refractivity contribution in [2.75, 3.05) is 25.1 Å². The molecule has 1 spiro atoms. The molecule has 3 saturated heterocycles. The Labute approximate surface area is 217 Å². The van der Waals surface area contributed by atoms with Gasteiger partial charge in [0, 0.05) is 29.6 Å². The van der Waals surface area contributed by atoms with E-state index >= 15 is 0 Å². The minimum absolute atomic E-state index is 0.0168. The van der Waals surface area contributed by atoms with Crippen LogP contribution in [0, 0.1) is 11.8 Å². The molecule has 0 saturated carbocycles. The highest BCUT2D eigenvalue weighted by Crippen LogP contribution is 2.66. The first-order chi connectivity index (χ1) is 17.1. The van der Waals surface area contributed by atoms with Crippen LogP contribution in [0.1, 0.15) is 59.8 Å². The molecule has 0 aromatic heterocycles. The van der Waals surface area contributed by atoms with E-state index in [2.05, 4.69) is 10.6 Å². The van der Waals surface area contributed by atoms with Crippen molar-refractivity contribution in [3.63, 3.8) is 0 Å². The molecule has 3 aliphatic rings. The topological polar surface area (TPSA) is 108 Å². The van der Waals surface area contributed by atoms with E-state index in [9.17, 15) is 14.4 Å². The number of anilines is 1. The second-order valence-electron chi connectivity index (χ2n) is 11.1. The summed E-state index contributed by atoms with van der Waals surface area (Å²) in [5.74, 6) is -0.641. The Hall–Kier alpha value is -2.26. The number of fused-ring (bicyclic) bond motifs is 1. The number of benzene rings is 1. The highest BCUT2D eigenvalue weighted by molar-refractivity contribution is 8.02. The predicted molar refractivity (Wildman–Crippen MR) is 141 cm³/mol. The number of unbranched alkanes of at least 4 members (excludes halogenated alkanes) is 2. The van der Waals surface area contributed by atoms with Crippen molar-refractivity contribution in [1.29, 1.82) is 0 Å². The fourth-order valence-electron chi connectivity index (χ4n) is 6.03. The standard InChI is InChI=1S/C27H39N3O5S/c1-5-35-18-11-9-17(10-12-18)28-23(32)20-19-13-14-27(36-19)21(20)25(34)30(15-7-6-8-16-31)22(27)24(33)29-26(2,3)4/h9-12,19-22,31H,5-8,13-16H2,1-4H3,(H,28,32)(H,29,33)/t19-,20+,21-,22?,27?/m0/s1. The molecule has 2 bridgehead atoms. The van der Waals surface area contributed by atoms with Gasteiger partial charge in [-0.3, -0.25) is 14.4 Å². The van der Waals surface area contributed by atoms with Gasteiger partial charge in [-0.15, -0.1) is 11.8 Å². The SMILES string of the molecule is CCOc1ccc(NC(=O)[C@@H]2[C@@H]3CCC4(S3)C(C(=O)NC(C)(C)C)N(CCCCCO)C(=O)[C@H]24)cc1. The summed E-state index contributed by atoms with van der Waals surface area (Å²) >= 11 is 1.68. The van der Waals surface area contributed by atoms with Gasteiger partial charge in [0.2, 0.25) is 17.7 Å². The van der Waals surface area contributed by atoms with Gasteiger partial charge < -0.3 is 25.4 Å². The van der Waals surface area contributed by atoms with E-state index < -0.39 is 28.2 Å². The first kappa shape index (κ1) is 26.8. The number of thioether (sulfide) groups is 1. The Morgan fingerprint density at radius 2 is 1.89 bits per heavy atom. The Bertz CT molecular complexity index is 979. The first-order valence-corrected chi connectivity index (χ1v) is 13.9. The number of nitrogens with zero attached hydrogens (tertiary/aromatic N) is 1. The second-order valence-corrected chi connectivity index (χ2v) is 12.7. The number of aliphatic hydroxyl groups excluding tert-OH is 1. The van der Waals surface area contributed by atoms with Crippen LogP contribution >= 0.6 is 11.8 Å². The van der Waals surface area contributed by atoms with E-state index in [0.717, 1.165) is 25.0 Å². The summed E-state index contributed by atoms with van der Waals surface area (Å²) in [6, 6.07) is 6.66. The van der Waals surface area contributed by atoms with Gasteiger partial charge in [-0.25, -0.2) is 0 Å². The number of nitrogens with one attached hydrogen (secondary N) is 2. The van der Waals surface area contributed by atoms with Crippen molar-refractivity contribution in [2.24, 2.45) is 11.8 Å². The number of aliphatic hydroxyl groups is 1. The molecule has 9 heteroatoms. The van der Waals surface area contributed by atoms with Gasteiger partial charge in [-0.2, -0.15) is 0 Å². The van der Waals surface area contributed by atoms with E-state index in [0.29, 0.717) is 31.7 Å². The summed E-state index contributed by atoms with van der Waals surface area (Å²) in [5, 5.41) is 15.3. The Balaban J connectivity index is 1.58. The maximum Gasteiger partial charge on any atom is 0.244 e. The number of likely N-dealkylation sites (tertiary alicyclic amines) is 1. The van der Waals surface area contributed by atoms with E-state index in [1.54, 1.807) is 16.7 Å². The molecule has 8 nitrogen and oxygen atoms in total. The molecule has 3 fully saturated rings. The van der Waals surface area contributed by atoms with Gasteiger partial charge in [0.15, 0.2) is 0 Å². The third-order valence-corrected chi connectivity index (χ3v) is 9.29. The van der Waals surface area contributed by atoms with E-state index in [4.69, 9.17) is 9.84 Å². The maximum absolute atomic E-state index is 13.9. The highest BCUT2D eigenvalue weighted by atomic mass is 32.2. The highest BCUT2D eigenvalue weighted by Gasteiger charge is 2.73. The summed E-state index contributed by atoms with van der Waals surface area (Å²) < 4.78 is 4.90. The first-order valence-electron chi connectivity index (χ1n) is 13.1. The van der Waals surface area contributed by atoms with Crippen molar-refractivity contribution in [1.82, 2.24) is 10.2 Å². The number of ether oxygens (including phenoxy) is 1. The summed E-state index contributed by atoms with van der Waals surface area (Å²) in [6.45, 7) is 8.87. The average Bonchev–Trinajstić information content (AvgIpc) is 3.44. The van der Waals surface area contributed by atoms with Crippen molar-refractivity contribution < 1.29 is 24.2 Å². The minimum atomic E-state index is -0.596. The molecule has 3 N–H and O–H groups in total. The molecule has 2 unspecified atom stereocenters. The largest absolute Gasteiger partial charge is 0.494 e. The molecule has 1 aromatic rings. The number of carbonyl (C=O) groups is 3. The van der Waals surface area contributed by atoms with Crippen LogP contribution in [0.2, 0.25) is 0 Å². The average molecular weight is 518 g/mol. The molecule has 3 heterocycles. The van der Waals surface area contributed by atoms with Crippen LogP contribution in [0.4, 0.5) is 5.69 Å². The minimum Gasteiger partial charge on any atom is -0.494 e. The third-order valence-electron chi connectivity index (χ3n) is 7.34. The zero-order valence-corrected chi connectivity index (χ0v) is 22.5. The van der Waals surface area contributed by atoms with Gasteiger partial charge in [0.25, 0.3) is 0 Å². The third kappa shape index (κ3) is 5.09. The molecule has 4 rings (SSSR count). The zero-order valence-electron chi connectivity index (χ0n) is 21.7. The van der Waals surface area contributed by atoms with E-state index in [-0.39, 0.29) is 29.6 Å². The molecular weight excluding hydrogens is 478 g/mol. The van der Waals surface area contributed by atoms with Gasteiger partial charge in [0.1, 0.15) is 11.8 Å². The number of hydrogen-bond acceptors (Lipinski definition) is 6. The quantitative estimate of drug-likeness (QED) is 0.412. The molecule has 5 atom stereocenters. The lowest BCUT2D eigenvalue weighted by molar-refractivity contribution is -0.139. The predicted octanol–water partition coefficient (Wildman–Crippen LogP) is 3.19. The molecule has 1 aromatic carbocycles. The maximum atomic E-state index is 13.9. The normalized spacial score (nSPS) is 28.8. The zero-order chi connectivity index (χ0) is 26.1. The lowest BCUT2D eigenvalue weighted by Gasteiger charge is -2.36. The number of amides is 3. The van der Waals surface area contributed by atoms with Crippen LogP contribution in [0.25, 0.3) is 0 Å². The number of carbonyl (C=O) groups excluding carboxylic acids is 3. The summed E-state index contributed by atoms with van der Waals surface area (Å²) in [4.78, 5) is 42.8. The number of rotatable bonds is 10. The van der Waals surface area contributed by atoms with Crippen molar-refractivity contribution in [3.05, 3.63) is 24.3 Å². The smallest absolute Gasteiger partial charge is 0.244 e. The van der Waals surface area contributed by atoms with Gasteiger partial charge >= 0.3 is 0 Å². The molecule has 3 aliphatic heterocycles. The van der Waals surface area contributed by atoms with Crippen LogP contribution in [0.15, 0.2) is 24.3 Å². The molecule has 36 heavy (non-hydrogen) atoms. The van der Waals surface area contributed by atoms with Crippen molar-refractivity contribution >= 4 is 35.2 Å². The van der Waals surface area contributed by atoms with Crippen molar-refractivity contribution in [3.8, 4) is 5.75 Å². The Morgan fingerprint density at radius 1 is 1.17 bits per heavy atom.